The average Bonchev–Trinajstić information content (AvgIpc) is 2.85. The summed E-state index contributed by atoms with van der Waals surface area (Å²) in [5, 5.41) is 12.0. The van der Waals surface area contributed by atoms with E-state index >= 15 is 0 Å². The van der Waals surface area contributed by atoms with Gasteiger partial charge in [0.05, 0.1) is 16.8 Å². The molecule has 3 rings (SSSR count). The largest absolute Gasteiger partial charge is 0.326 e. The fraction of sp³-hybridized carbons (Fsp3) is 0.588. The molecule has 2 N–H and O–H groups in total. The number of nitrogens with zero attached hydrogens (tertiary/aromatic N) is 3. The summed E-state index contributed by atoms with van der Waals surface area (Å²) in [6, 6.07) is 2.25. The Morgan fingerprint density at radius 2 is 2.26 bits per heavy atom. The third-order valence-corrected chi connectivity index (χ3v) is 4.37. The first kappa shape index (κ1) is 15.9. The molecule has 0 aromatic carbocycles. The molecule has 1 aliphatic heterocycles. The summed E-state index contributed by atoms with van der Waals surface area (Å²) in [7, 11) is 0. The second-order valence-electron chi connectivity index (χ2n) is 6.64. The van der Waals surface area contributed by atoms with E-state index in [1.165, 1.54) is 6.92 Å². The molecule has 1 fully saturated rings. The van der Waals surface area contributed by atoms with E-state index in [9.17, 15) is 4.79 Å². The number of anilines is 1. The quantitative estimate of drug-likeness (QED) is 0.913. The second kappa shape index (κ2) is 6.28. The Bertz CT molecular complexity index is 728. The molecule has 1 atom stereocenters. The van der Waals surface area contributed by atoms with Gasteiger partial charge in [-0.15, -0.1) is 0 Å². The van der Waals surface area contributed by atoms with E-state index in [2.05, 4.69) is 29.6 Å². The summed E-state index contributed by atoms with van der Waals surface area (Å²) in [5.41, 5.74) is 3.63. The van der Waals surface area contributed by atoms with E-state index in [1.807, 2.05) is 17.7 Å². The van der Waals surface area contributed by atoms with Crippen molar-refractivity contribution in [2.24, 2.45) is 0 Å². The molecule has 0 spiro atoms. The Labute approximate surface area is 136 Å². The molecule has 0 unspecified atom stereocenters. The molecule has 0 saturated carbocycles. The number of aromatic nitrogens is 3. The number of carbonyl (C=O) groups is 1. The number of amides is 1. The molecular formula is C17H25N5O. The van der Waals surface area contributed by atoms with Crippen molar-refractivity contribution in [3.63, 3.8) is 0 Å². The zero-order chi connectivity index (χ0) is 16.6. The van der Waals surface area contributed by atoms with Gasteiger partial charge in [-0.25, -0.2) is 9.67 Å². The number of hydrogen-bond acceptors (Lipinski definition) is 4. The SMILES string of the molecule is CC(=O)Nc1cc([C@H]2CCCNC2)nc2c1c(C)nn2C(C)C. The standard InChI is InChI=1S/C17H25N5O/c1-10(2)22-17-16(11(3)21-22)15(19-12(4)23)8-14(20-17)13-6-5-7-18-9-13/h8,10,13,18H,5-7,9H2,1-4H3,(H,19,20,23)/t13-/m0/s1. The molecule has 1 aliphatic rings. The molecule has 0 bridgehead atoms. The molecule has 1 saturated heterocycles. The lowest BCUT2D eigenvalue weighted by Crippen LogP contribution is -2.29. The van der Waals surface area contributed by atoms with Gasteiger partial charge in [-0.2, -0.15) is 5.10 Å². The lowest BCUT2D eigenvalue weighted by molar-refractivity contribution is -0.114. The maximum atomic E-state index is 11.6. The van der Waals surface area contributed by atoms with Crippen LogP contribution in [0.15, 0.2) is 6.07 Å². The lowest BCUT2D eigenvalue weighted by Gasteiger charge is -2.23. The van der Waals surface area contributed by atoms with Crippen LogP contribution in [0.25, 0.3) is 11.0 Å². The van der Waals surface area contributed by atoms with Crippen LogP contribution in [0.5, 0.6) is 0 Å². The zero-order valence-electron chi connectivity index (χ0n) is 14.3. The van der Waals surface area contributed by atoms with E-state index in [-0.39, 0.29) is 11.9 Å². The Morgan fingerprint density at radius 1 is 1.48 bits per heavy atom. The molecule has 6 heteroatoms. The second-order valence-corrected chi connectivity index (χ2v) is 6.64. The van der Waals surface area contributed by atoms with Crippen molar-refractivity contribution in [1.82, 2.24) is 20.1 Å². The summed E-state index contributed by atoms with van der Waals surface area (Å²) in [6.45, 7) is 9.71. The molecule has 2 aromatic rings. The van der Waals surface area contributed by atoms with Crippen molar-refractivity contribution in [1.29, 1.82) is 0 Å². The van der Waals surface area contributed by atoms with Crippen molar-refractivity contribution < 1.29 is 4.79 Å². The van der Waals surface area contributed by atoms with Gasteiger partial charge in [0.25, 0.3) is 0 Å². The summed E-state index contributed by atoms with van der Waals surface area (Å²) in [6.07, 6.45) is 2.28. The molecule has 3 heterocycles. The van der Waals surface area contributed by atoms with Crippen LogP contribution in [-0.2, 0) is 4.79 Å². The minimum absolute atomic E-state index is 0.0677. The van der Waals surface area contributed by atoms with Crippen LogP contribution in [-0.4, -0.2) is 33.8 Å². The molecule has 0 radical (unpaired) electrons. The number of fused-ring (bicyclic) bond motifs is 1. The van der Waals surface area contributed by atoms with Gasteiger partial charge in [-0.1, -0.05) is 0 Å². The van der Waals surface area contributed by atoms with Crippen molar-refractivity contribution in [2.75, 3.05) is 18.4 Å². The number of pyridine rings is 1. The van der Waals surface area contributed by atoms with Crippen molar-refractivity contribution >= 4 is 22.6 Å². The van der Waals surface area contributed by atoms with Crippen LogP contribution in [0.2, 0.25) is 0 Å². The predicted molar refractivity (Wildman–Crippen MR) is 91.8 cm³/mol. The highest BCUT2D eigenvalue weighted by atomic mass is 16.1. The smallest absolute Gasteiger partial charge is 0.221 e. The molecule has 23 heavy (non-hydrogen) atoms. The highest BCUT2D eigenvalue weighted by Gasteiger charge is 2.22. The van der Waals surface area contributed by atoms with Crippen LogP contribution in [0.3, 0.4) is 0 Å². The van der Waals surface area contributed by atoms with Crippen molar-refractivity contribution in [2.45, 2.75) is 52.5 Å². The fourth-order valence-electron chi connectivity index (χ4n) is 3.29. The Morgan fingerprint density at radius 3 is 2.87 bits per heavy atom. The fourth-order valence-corrected chi connectivity index (χ4v) is 3.29. The van der Waals surface area contributed by atoms with Crippen LogP contribution in [0, 0.1) is 6.92 Å². The maximum absolute atomic E-state index is 11.6. The lowest BCUT2D eigenvalue weighted by atomic mass is 9.95. The summed E-state index contributed by atoms with van der Waals surface area (Å²) < 4.78 is 1.95. The summed E-state index contributed by atoms with van der Waals surface area (Å²) >= 11 is 0. The summed E-state index contributed by atoms with van der Waals surface area (Å²) in [5.74, 6) is 0.318. The predicted octanol–water partition coefficient (Wildman–Crippen LogP) is 2.75. The minimum Gasteiger partial charge on any atom is -0.326 e. The number of piperidine rings is 1. The molecule has 6 nitrogen and oxygen atoms in total. The molecule has 2 aromatic heterocycles. The average molecular weight is 315 g/mol. The van der Waals surface area contributed by atoms with Crippen molar-refractivity contribution in [3.05, 3.63) is 17.5 Å². The third-order valence-electron chi connectivity index (χ3n) is 4.37. The highest BCUT2D eigenvalue weighted by molar-refractivity contribution is 6.00. The minimum atomic E-state index is -0.0677. The van der Waals surface area contributed by atoms with Gasteiger partial charge in [-0.3, -0.25) is 4.79 Å². The molecule has 124 valence electrons. The van der Waals surface area contributed by atoms with E-state index in [0.717, 1.165) is 54.0 Å². The molecule has 1 amide bonds. The van der Waals surface area contributed by atoms with Gasteiger partial charge in [-0.05, 0) is 46.2 Å². The van der Waals surface area contributed by atoms with Gasteiger partial charge >= 0.3 is 0 Å². The van der Waals surface area contributed by atoms with Crippen LogP contribution < -0.4 is 10.6 Å². The summed E-state index contributed by atoms with van der Waals surface area (Å²) in [4.78, 5) is 16.5. The van der Waals surface area contributed by atoms with Crippen molar-refractivity contribution in [3.8, 4) is 0 Å². The van der Waals surface area contributed by atoms with Gasteiger partial charge < -0.3 is 10.6 Å². The van der Waals surface area contributed by atoms with E-state index < -0.39 is 0 Å². The Hall–Kier alpha value is -1.95. The number of hydrogen-bond donors (Lipinski definition) is 2. The monoisotopic (exact) mass is 315 g/mol. The maximum Gasteiger partial charge on any atom is 0.221 e. The van der Waals surface area contributed by atoms with E-state index in [4.69, 9.17) is 4.98 Å². The van der Waals surface area contributed by atoms with Crippen LogP contribution in [0.4, 0.5) is 5.69 Å². The topological polar surface area (TPSA) is 71.8 Å². The number of rotatable bonds is 3. The van der Waals surface area contributed by atoms with Gasteiger partial charge in [0.2, 0.25) is 5.91 Å². The Balaban J connectivity index is 2.18. The van der Waals surface area contributed by atoms with E-state index in [0.29, 0.717) is 5.92 Å². The number of carbonyl (C=O) groups excluding carboxylic acids is 1. The third kappa shape index (κ3) is 3.08. The number of aryl methyl sites for hydroxylation is 1. The Kier molecular flexibility index (Phi) is 4.35. The van der Waals surface area contributed by atoms with Gasteiger partial charge in [0, 0.05) is 31.1 Å². The molecular weight excluding hydrogens is 290 g/mol. The molecule has 0 aliphatic carbocycles. The first-order valence-corrected chi connectivity index (χ1v) is 8.35. The van der Waals surface area contributed by atoms with Gasteiger partial charge in [0.1, 0.15) is 0 Å². The van der Waals surface area contributed by atoms with E-state index in [1.54, 1.807) is 0 Å². The first-order valence-electron chi connectivity index (χ1n) is 8.35. The highest BCUT2D eigenvalue weighted by Crippen LogP contribution is 2.32. The first-order chi connectivity index (χ1) is 11.0. The zero-order valence-corrected chi connectivity index (χ0v) is 14.3. The van der Waals surface area contributed by atoms with Crippen LogP contribution in [0.1, 0.15) is 57.0 Å². The van der Waals surface area contributed by atoms with Gasteiger partial charge in [0.15, 0.2) is 5.65 Å². The normalized spacial score (nSPS) is 18.6. The van der Waals surface area contributed by atoms with Crippen LogP contribution >= 0.6 is 0 Å². The number of nitrogens with one attached hydrogen (secondary N) is 2.